The quantitative estimate of drug-likeness (QED) is 0.720. The van der Waals surface area contributed by atoms with Gasteiger partial charge in [0.15, 0.2) is 5.76 Å². The number of unbranched alkanes of at least 4 members (excludes halogenated alkanes) is 1. The van der Waals surface area contributed by atoms with Gasteiger partial charge in [-0.05, 0) is 19.8 Å². The SMILES string of the molecule is CCCC[C@@]12C3C[C@@H]4[C@H]5[C@H](C)/C(=C6/OC(=O)C(C)=C6OC)O[C@@]5(O3)[C@@H]1[C@H](O)CN42. The minimum Gasteiger partial charge on any atom is -0.492 e. The van der Waals surface area contributed by atoms with E-state index in [4.69, 9.17) is 18.9 Å². The van der Waals surface area contributed by atoms with Gasteiger partial charge >= 0.3 is 5.97 Å². The third kappa shape index (κ3) is 1.81. The molecule has 1 spiro atoms. The van der Waals surface area contributed by atoms with Crippen molar-refractivity contribution in [2.75, 3.05) is 13.7 Å². The molecule has 5 saturated heterocycles. The van der Waals surface area contributed by atoms with Gasteiger partial charge in [0.25, 0.3) is 0 Å². The van der Waals surface area contributed by atoms with Crippen LogP contribution in [0.2, 0.25) is 0 Å². The molecule has 0 aromatic rings. The van der Waals surface area contributed by atoms with E-state index in [0.717, 1.165) is 25.7 Å². The van der Waals surface area contributed by atoms with E-state index in [1.165, 1.54) is 0 Å². The maximum absolute atomic E-state index is 12.2. The van der Waals surface area contributed by atoms with Crippen LogP contribution >= 0.6 is 0 Å². The molecule has 158 valence electrons. The van der Waals surface area contributed by atoms with E-state index >= 15 is 0 Å². The largest absolute Gasteiger partial charge is 0.492 e. The molecule has 7 heteroatoms. The van der Waals surface area contributed by atoms with Crippen molar-refractivity contribution in [1.82, 2.24) is 4.90 Å². The number of carbonyl (C=O) groups excluding carboxylic acids is 1. The topological polar surface area (TPSA) is 77.5 Å². The normalized spacial score (nSPS) is 53.7. The zero-order valence-electron chi connectivity index (χ0n) is 17.4. The van der Waals surface area contributed by atoms with Crippen LogP contribution < -0.4 is 0 Å². The van der Waals surface area contributed by atoms with E-state index < -0.39 is 17.9 Å². The Morgan fingerprint density at radius 2 is 2.17 bits per heavy atom. The van der Waals surface area contributed by atoms with Crippen LogP contribution in [0.15, 0.2) is 22.9 Å². The second-order valence-corrected chi connectivity index (χ2v) is 9.58. The zero-order valence-corrected chi connectivity index (χ0v) is 17.4. The number of esters is 1. The van der Waals surface area contributed by atoms with Crippen LogP contribution in [0.4, 0.5) is 0 Å². The number of allylic oxidation sites excluding steroid dienone is 1. The molecule has 0 amide bonds. The first-order valence-corrected chi connectivity index (χ1v) is 10.9. The van der Waals surface area contributed by atoms with Gasteiger partial charge < -0.3 is 24.1 Å². The highest BCUT2D eigenvalue weighted by Crippen LogP contribution is 2.73. The lowest BCUT2D eigenvalue weighted by atomic mass is 9.69. The van der Waals surface area contributed by atoms with Crippen LogP contribution in [-0.2, 0) is 23.7 Å². The maximum Gasteiger partial charge on any atom is 0.343 e. The Bertz CT molecular complexity index is 865. The molecular formula is C22H29NO6. The number of methoxy groups -OCH3 is 1. The van der Waals surface area contributed by atoms with E-state index in [2.05, 4.69) is 18.7 Å². The summed E-state index contributed by atoms with van der Waals surface area (Å²) in [7, 11) is 1.54. The summed E-state index contributed by atoms with van der Waals surface area (Å²) in [6, 6.07) is 0.320. The Labute approximate surface area is 170 Å². The summed E-state index contributed by atoms with van der Waals surface area (Å²) in [5.74, 6) is 0.275. The van der Waals surface area contributed by atoms with Gasteiger partial charge in [0.2, 0.25) is 11.5 Å². The van der Waals surface area contributed by atoms with E-state index in [9.17, 15) is 9.90 Å². The second kappa shape index (κ2) is 5.56. The van der Waals surface area contributed by atoms with E-state index in [-0.39, 0.29) is 29.4 Å². The summed E-state index contributed by atoms with van der Waals surface area (Å²) in [5.41, 5.74) is 0.330. The molecule has 6 heterocycles. The van der Waals surface area contributed by atoms with Gasteiger partial charge in [-0.3, -0.25) is 4.90 Å². The van der Waals surface area contributed by atoms with E-state index in [1.807, 2.05) is 0 Å². The van der Waals surface area contributed by atoms with Gasteiger partial charge in [0, 0.05) is 18.5 Å². The van der Waals surface area contributed by atoms with Crippen molar-refractivity contribution in [3.63, 3.8) is 0 Å². The molecule has 0 aromatic carbocycles. The van der Waals surface area contributed by atoms with Crippen molar-refractivity contribution in [2.24, 2.45) is 17.8 Å². The van der Waals surface area contributed by atoms with Crippen LogP contribution in [0.25, 0.3) is 0 Å². The molecule has 6 aliphatic heterocycles. The fourth-order valence-electron chi connectivity index (χ4n) is 7.65. The van der Waals surface area contributed by atoms with Crippen molar-refractivity contribution >= 4 is 5.97 Å². The van der Waals surface area contributed by atoms with Crippen molar-refractivity contribution < 1.29 is 28.8 Å². The first-order valence-electron chi connectivity index (χ1n) is 10.9. The number of fused-ring (bicyclic) bond motifs is 1. The summed E-state index contributed by atoms with van der Waals surface area (Å²) >= 11 is 0. The number of nitrogens with zero attached hydrogens (tertiary/aromatic N) is 1. The summed E-state index contributed by atoms with van der Waals surface area (Å²) in [5, 5.41) is 11.1. The molecule has 5 fully saturated rings. The first-order chi connectivity index (χ1) is 13.9. The van der Waals surface area contributed by atoms with Crippen molar-refractivity contribution in [3.05, 3.63) is 22.9 Å². The zero-order chi connectivity index (χ0) is 20.3. The molecule has 2 unspecified atom stereocenters. The third-order valence-electron chi connectivity index (χ3n) is 8.52. The number of aliphatic hydroxyl groups is 1. The van der Waals surface area contributed by atoms with Crippen molar-refractivity contribution in [3.8, 4) is 0 Å². The van der Waals surface area contributed by atoms with Gasteiger partial charge in [-0.25, -0.2) is 4.79 Å². The molecule has 1 N–H and O–H groups in total. The van der Waals surface area contributed by atoms with Crippen molar-refractivity contribution in [1.29, 1.82) is 0 Å². The number of hydrogen-bond donors (Lipinski definition) is 1. The summed E-state index contributed by atoms with van der Waals surface area (Å²) in [6.45, 7) is 6.74. The Morgan fingerprint density at radius 3 is 2.90 bits per heavy atom. The predicted octanol–water partition coefficient (Wildman–Crippen LogP) is 2.06. The number of hydrogen-bond acceptors (Lipinski definition) is 7. The molecule has 0 aromatic heterocycles. The molecule has 5 bridgehead atoms. The minimum atomic E-state index is -0.836. The molecule has 9 atom stereocenters. The molecule has 0 radical (unpaired) electrons. The standard InChI is InChI=1S/C22H29NO6/c1-5-6-7-21-14-8-12-15-10(2)17(18-16(26-4)11(3)20(25)27-18)29-22(15,28-14)19(21)13(24)9-23(12)21/h10,12-15,19,24H,5-9H2,1-4H3/b18-17-/t10-,12+,13+,14?,15+,19+,21+,22+/m0/s1. The Hall–Kier alpha value is -1.57. The van der Waals surface area contributed by atoms with Gasteiger partial charge in [0.05, 0.1) is 42.3 Å². The van der Waals surface area contributed by atoms with Gasteiger partial charge in [-0.15, -0.1) is 0 Å². The minimum absolute atomic E-state index is 0.0115. The van der Waals surface area contributed by atoms with Crippen LogP contribution in [0.3, 0.4) is 0 Å². The maximum atomic E-state index is 12.2. The average Bonchev–Trinajstić information content (AvgIpc) is 3.37. The highest BCUT2D eigenvalue weighted by molar-refractivity contribution is 5.93. The average molecular weight is 403 g/mol. The third-order valence-corrected chi connectivity index (χ3v) is 8.52. The highest BCUT2D eigenvalue weighted by Gasteiger charge is 2.86. The Balaban J connectivity index is 1.48. The van der Waals surface area contributed by atoms with E-state index in [0.29, 0.717) is 35.4 Å². The number of ether oxygens (including phenoxy) is 4. The molecule has 7 nitrogen and oxygen atoms in total. The number of β-amino-alcohol motifs (C(OH)–C–C–N with tert-alkyl or cyclic N) is 1. The van der Waals surface area contributed by atoms with Gasteiger partial charge in [0.1, 0.15) is 5.76 Å². The first kappa shape index (κ1) is 18.2. The smallest absolute Gasteiger partial charge is 0.343 e. The monoisotopic (exact) mass is 403 g/mol. The number of carbonyl (C=O) groups is 1. The Morgan fingerprint density at radius 1 is 1.38 bits per heavy atom. The lowest BCUT2D eigenvalue weighted by Crippen LogP contribution is -2.62. The fourth-order valence-corrected chi connectivity index (χ4v) is 7.65. The lowest BCUT2D eigenvalue weighted by Gasteiger charge is -2.48. The van der Waals surface area contributed by atoms with Gasteiger partial charge in [-0.2, -0.15) is 0 Å². The van der Waals surface area contributed by atoms with Crippen LogP contribution in [0.5, 0.6) is 0 Å². The molecule has 6 rings (SSSR count). The summed E-state index contributed by atoms with van der Waals surface area (Å²) in [4.78, 5) is 14.7. The molecule has 29 heavy (non-hydrogen) atoms. The number of piperidine rings is 1. The molecule has 0 saturated carbocycles. The summed E-state index contributed by atoms with van der Waals surface area (Å²) in [6.07, 6.45) is 3.88. The number of cyclic esters (lactones) is 1. The second-order valence-electron chi connectivity index (χ2n) is 9.58. The number of aliphatic hydroxyl groups excluding tert-OH is 1. The van der Waals surface area contributed by atoms with E-state index in [1.54, 1.807) is 14.0 Å². The van der Waals surface area contributed by atoms with Crippen LogP contribution in [0, 0.1) is 17.8 Å². The Kier molecular flexibility index (Phi) is 3.49. The molecule has 0 aliphatic carbocycles. The lowest BCUT2D eigenvalue weighted by molar-refractivity contribution is -0.263. The van der Waals surface area contributed by atoms with Crippen LogP contribution in [-0.4, -0.2) is 59.2 Å². The summed E-state index contributed by atoms with van der Waals surface area (Å²) < 4.78 is 24.4. The predicted molar refractivity (Wildman–Crippen MR) is 101 cm³/mol. The van der Waals surface area contributed by atoms with Crippen molar-refractivity contribution in [2.45, 2.75) is 76.0 Å². The number of rotatable bonds is 4. The fraction of sp³-hybridized carbons (Fsp3) is 0.773. The molecule has 6 aliphatic rings. The van der Waals surface area contributed by atoms with Crippen LogP contribution in [0.1, 0.15) is 46.5 Å². The molecular weight excluding hydrogens is 374 g/mol. The highest BCUT2D eigenvalue weighted by atomic mass is 16.7. The van der Waals surface area contributed by atoms with Gasteiger partial charge in [-0.1, -0.05) is 26.7 Å².